The molecule has 0 atom stereocenters. The highest BCUT2D eigenvalue weighted by molar-refractivity contribution is 14.1. The number of rotatable bonds is 2. The van der Waals surface area contributed by atoms with Crippen LogP contribution in [0.15, 0.2) is 16.5 Å². The minimum atomic E-state index is 0.000882. The van der Waals surface area contributed by atoms with E-state index in [1.165, 1.54) is 0 Å². The zero-order valence-electron chi connectivity index (χ0n) is 8.90. The fourth-order valence-corrected chi connectivity index (χ4v) is 2.50. The number of hydrogen-bond donors (Lipinski definition) is 0. The standard InChI is InChI=1S/C10H10IN3OS/c1-6-4-16-8(13-6)3-14-5-12-7(2)9(11)10(14)15/h4-5H,3H2,1-2H3. The number of aromatic nitrogens is 3. The highest BCUT2D eigenvalue weighted by atomic mass is 127. The molecule has 0 aromatic carbocycles. The SMILES string of the molecule is Cc1csc(Cn2cnc(C)c(I)c2=O)n1. The van der Waals surface area contributed by atoms with E-state index in [0.29, 0.717) is 10.1 Å². The molecule has 0 N–H and O–H groups in total. The molecule has 2 aromatic rings. The van der Waals surface area contributed by atoms with Crippen molar-refractivity contribution in [3.8, 4) is 0 Å². The Hall–Kier alpha value is -0.760. The van der Waals surface area contributed by atoms with Gasteiger partial charge in [0.05, 0.1) is 22.1 Å². The predicted octanol–water partition coefficient (Wildman–Crippen LogP) is 1.97. The molecule has 2 aromatic heterocycles. The van der Waals surface area contributed by atoms with Crippen molar-refractivity contribution < 1.29 is 0 Å². The third-order valence-corrected chi connectivity index (χ3v) is 4.32. The molecule has 4 nitrogen and oxygen atoms in total. The molecule has 6 heteroatoms. The molecule has 0 saturated heterocycles. The van der Waals surface area contributed by atoms with E-state index in [2.05, 4.69) is 9.97 Å². The first-order chi connectivity index (χ1) is 7.58. The molecule has 0 amide bonds. The summed E-state index contributed by atoms with van der Waals surface area (Å²) < 4.78 is 2.26. The molecular formula is C10H10IN3OS. The van der Waals surface area contributed by atoms with Gasteiger partial charge in [-0.05, 0) is 36.4 Å². The third kappa shape index (κ3) is 2.32. The highest BCUT2D eigenvalue weighted by Gasteiger charge is 2.07. The summed E-state index contributed by atoms with van der Waals surface area (Å²) in [4.78, 5) is 20.4. The van der Waals surface area contributed by atoms with Crippen LogP contribution in [0.2, 0.25) is 0 Å². The van der Waals surface area contributed by atoms with E-state index in [4.69, 9.17) is 0 Å². The van der Waals surface area contributed by atoms with Crippen molar-refractivity contribution in [1.29, 1.82) is 0 Å². The maximum atomic E-state index is 11.9. The first-order valence-corrected chi connectivity index (χ1v) is 6.66. The van der Waals surface area contributed by atoms with Gasteiger partial charge < -0.3 is 0 Å². The molecule has 0 saturated carbocycles. The maximum Gasteiger partial charge on any atom is 0.267 e. The molecule has 16 heavy (non-hydrogen) atoms. The molecule has 0 fully saturated rings. The van der Waals surface area contributed by atoms with Gasteiger partial charge in [0.1, 0.15) is 5.01 Å². The van der Waals surface area contributed by atoms with Gasteiger partial charge in [0.2, 0.25) is 0 Å². The summed E-state index contributed by atoms with van der Waals surface area (Å²) in [6, 6.07) is 0. The topological polar surface area (TPSA) is 47.8 Å². The number of thiazole rings is 1. The highest BCUT2D eigenvalue weighted by Crippen LogP contribution is 2.10. The average Bonchev–Trinajstić information content (AvgIpc) is 2.65. The molecule has 0 bridgehead atoms. The Morgan fingerprint density at radius 2 is 2.25 bits per heavy atom. The quantitative estimate of drug-likeness (QED) is 0.781. The Bertz CT molecular complexity index is 576. The molecule has 0 aliphatic rings. The summed E-state index contributed by atoms with van der Waals surface area (Å²) in [5.41, 5.74) is 1.76. The summed E-state index contributed by atoms with van der Waals surface area (Å²) in [6.07, 6.45) is 1.58. The van der Waals surface area contributed by atoms with Gasteiger partial charge in [-0.3, -0.25) is 9.36 Å². The van der Waals surface area contributed by atoms with Crippen molar-refractivity contribution in [2.24, 2.45) is 0 Å². The van der Waals surface area contributed by atoms with Crippen molar-refractivity contribution in [3.05, 3.63) is 42.0 Å². The monoisotopic (exact) mass is 347 g/mol. The maximum absolute atomic E-state index is 11.9. The lowest BCUT2D eigenvalue weighted by Gasteiger charge is -2.04. The molecule has 0 radical (unpaired) electrons. The Kier molecular flexibility index (Phi) is 3.38. The van der Waals surface area contributed by atoms with E-state index < -0.39 is 0 Å². The largest absolute Gasteiger partial charge is 0.291 e. The van der Waals surface area contributed by atoms with Gasteiger partial charge in [0, 0.05) is 11.1 Å². The Morgan fingerprint density at radius 1 is 1.50 bits per heavy atom. The molecule has 2 rings (SSSR count). The minimum absolute atomic E-state index is 0.000882. The van der Waals surface area contributed by atoms with Crippen LogP contribution in [0.5, 0.6) is 0 Å². The summed E-state index contributed by atoms with van der Waals surface area (Å²) in [7, 11) is 0. The number of hydrogen-bond acceptors (Lipinski definition) is 4. The van der Waals surface area contributed by atoms with E-state index in [-0.39, 0.29) is 5.56 Å². The molecule has 0 spiro atoms. The van der Waals surface area contributed by atoms with Crippen molar-refractivity contribution in [1.82, 2.24) is 14.5 Å². The first-order valence-electron chi connectivity index (χ1n) is 4.70. The number of halogens is 1. The van der Waals surface area contributed by atoms with Gasteiger partial charge in [0.15, 0.2) is 0 Å². The lowest BCUT2D eigenvalue weighted by molar-refractivity contribution is 0.718. The summed E-state index contributed by atoms with van der Waals surface area (Å²) in [5.74, 6) is 0. The fourth-order valence-electron chi connectivity index (χ4n) is 1.28. The molecule has 0 aliphatic heterocycles. The summed E-state index contributed by atoms with van der Waals surface area (Å²) in [5, 5.41) is 2.91. The zero-order chi connectivity index (χ0) is 11.7. The number of nitrogens with zero attached hydrogens (tertiary/aromatic N) is 3. The first kappa shape index (κ1) is 11.7. The second-order valence-corrected chi connectivity index (χ2v) is 5.48. The van der Waals surface area contributed by atoms with Crippen LogP contribution < -0.4 is 5.56 Å². The van der Waals surface area contributed by atoms with Crippen LogP contribution in [0.3, 0.4) is 0 Å². The van der Waals surface area contributed by atoms with Crippen molar-refractivity contribution in [3.63, 3.8) is 0 Å². The van der Waals surface area contributed by atoms with Crippen LogP contribution in [0.1, 0.15) is 16.4 Å². The zero-order valence-corrected chi connectivity index (χ0v) is 11.9. The minimum Gasteiger partial charge on any atom is -0.291 e. The van der Waals surface area contributed by atoms with Gasteiger partial charge in [-0.25, -0.2) is 9.97 Å². The van der Waals surface area contributed by atoms with Gasteiger partial charge in [-0.2, -0.15) is 0 Å². The van der Waals surface area contributed by atoms with E-state index in [0.717, 1.165) is 16.4 Å². The second-order valence-electron chi connectivity index (χ2n) is 3.46. The van der Waals surface area contributed by atoms with E-state index in [1.807, 2.05) is 41.8 Å². The van der Waals surface area contributed by atoms with E-state index >= 15 is 0 Å². The summed E-state index contributed by atoms with van der Waals surface area (Å²) in [6.45, 7) is 4.28. The van der Waals surface area contributed by atoms with Gasteiger partial charge in [0.25, 0.3) is 5.56 Å². The Labute approximate surface area is 111 Å². The van der Waals surface area contributed by atoms with Crippen LogP contribution in [0.4, 0.5) is 0 Å². The van der Waals surface area contributed by atoms with Crippen LogP contribution in [0.25, 0.3) is 0 Å². The Balaban J connectivity index is 2.36. The molecule has 2 heterocycles. The number of aryl methyl sites for hydroxylation is 2. The van der Waals surface area contributed by atoms with Gasteiger partial charge in [-0.15, -0.1) is 11.3 Å². The predicted molar refractivity (Wildman–Crippen MR) is 71.9 cm³/mol. The lowest BCUT2D eigenvalue weighted by Crippen LogP contribution is -2.24. The van der Waals surface area contributed by atoms with Crippen LogP contribution in [0, 0.1) is 17.4 Å². The second kappa shape index (κ2) is 4.62. The van der Waals surface area contributed by atoms with Crippen molar-refractivity contribution in [2.45, 2.75) is 20.4 Å². The Morgan fingerprint density at radius 3 is 2.88 bits per heavy atom. The average molecular weight is 347 g/mol. The third-order valence-electron chi connectivity index (χ3n) is 2.13. The van der Waals surface area contributed by atoms with E-state index in [1.54, 1.807) is 22.2 Å². The molecule has 0 unspecified atom stereocenters. The van der Waals surface area contributed by atoms with Crippen LogP contribution in [-0.4, -0.2) is 14.5 Å². The van der Waals surface area contributed by atoms with Crippen molar-refractivity contribution >= 4 is 33.9 Å². The molecular weight excluding hydrogens is 337 g/mol. The summed E-state index contributed by atoms with van der Waals surface area (Å²) >= 11 is 3.59. The fraction of sp³-hybridized carbons (Fsp3) is 0.300. The normalized spacial score (nSPS) is 10.7. The van der Waals surface area contributed by atoms with Gasteiger partial charge >= 0.3 is 0 Å². The van der Waals surface area contributed by atoms with E-state index in [9.17, 15) is 4.79 Å². The lowest BCUT2D eigenvalue weighted by atomic mass is 10.4. The van der Waals surface area contributed by atoms with Gasteiger partial charge in [-0.1, -0.05) is 0 Å². The molecule has 84 valence electrons. The van der Waals surface area contributed by atoms with Crippen LogP contribution >= 0.6 is 33.9 Å². The van der Waals surface area contributed by atoms with Crippen LogP contribution in [-0.2, 0) is 6.54 Å². The molecule has 0 aliphatic carbocycles. The van der Waals surface area contributed by atoms with Crippen molar-refractivity contribution in [2.75, 3.05) is 0 Å². The smallest absolute Gasteiger partial charge is 0.267 e.